The highest BCUT2D eigenvalue weighted by molar-refractivity contribution is 9.10. The molecule has 3 nitrogen and oxygen atoms in total. The number of hydrogen-bond acceptors (Lipinski definition) is 2. The second-order valence-electron chi connectivity index (χ2n) is 6.10. The van der Waals surface area contributed by atoms with Crippen molar-refractivity contribution < 1.29 is 14.7 Å². The molecule has 1 aromatic carbocycles. The number of carbonyl (C=O) groups is 2. The summed E-state index contributed by atoms with van der Waals surface area (Å²) in [5.74, 6) is -0.964. The van der Waals surface area contributed by atoms with Crippen LogP contribution in [0, 0.1) is 17.8 Å². The van der Waals surface area contributed by atoms with Crippen molar-refractivity contribution in [2.24, 2.45) is 17.8 Å². The molecule has 0 aliphatic rings. The van der Waals surface area contributed by atoms with E-state index in [0.717, 1.165) is 10.0 Å². The Morgan fingerprint density at radius 3 is 2.19 bits per heavy atom. The number of carbonyl (C=O) groups excluding carboxylic acids is 1. The highest BCUT2D eigenvalue weighted by atomic mass is 79.9. The predicted octanol–water partition coefficient (Wildman–Crippen LogP) is 4.33. The van der Waals surface area contributed by atoms with Crippen LogP contribution in [0.25, 0.3) is 0 Å². The van der Waals surface area contributed by atoms with Gasteiger partial charge in [-0.3, -0.25) is 9.59 Å². The highest BCUT2D eigenvalue weighted by Crippen LogP contribution is 2.24. The van der Waals surface area contributed by atoms with Crippen LogP contribution in [0.5, 0.6) is 0 Å². The second kappa shape index (κ2) is 8.32. The van der Waals surface area contributed by atoms with E-state index in [1.807, 2.05) is 45.0 Å². The molecule has 1 aromatic rings. The molecule has 0 saturated carbocycles. The summed E-state index contributed by atoms with van der Waals surface area (Å²) in [6.07, 6.45) is 1.30. The molecule has 0 amide bonds. The number of halogens is 1. The van der Waals surface area contributed by atoms with Crippen LogP contribution in [0.4, 0.5) is 0 Å². The topological polar surface area (TPSA) is 54.4 Å². The largest absolute Gasteiger partial charge is 0.481 e. The first-order chi connectivity index (χ1) is 9.79. The van der Waals surface area contributed by atoms with E-state index in [0.29, 0.717) is 25.2 Å². The molecule has 4 heteroatoms. The summed E-state index contributed by atoms with van der Waals surface area (Å²) >= 11 is 3.36. The van der Waals surface area contributed by atoms with Crippen molar-refractivity contribution in [2.75, 3.05) is 0 Å². The van der Waals surface area contributed by atoms with Crippen molar-refractivity contribution >= 4 is 27.7 Å². The van der Waals surface area contributed by atoms with Gasteiger partial charge in [0.15, 0.2) is 0 Å². The number of carboxylic acid groups (broad SMARTS) is 1. The summed E-state index contributed by atoms with van der Waals surface area (Å²) in [5.41, 5.74) is 0.964. The van der Waals surface area contributed by atoms with Gasteiger partial charge in [0.2, 0.25) is 0 Å². The predicted molar refractivity (Wildman–Crippen MR) is 87.2 cm³/mol. The first-order valence-corrected chi connectivity index (χ1v) is 8.07. The summed E-state index contributed by atoms with van der Waals surface area (Å²) < 4.78 is 0.981. The quantitative estimate of drug-likeness (QED) is 0.755. The van der Waals surface area contributed by atoms with Gasteiger partial charge in [0, 0.05) is 17.3 Å². The van der Waals surface area contributed by atoms with Crippen molar-refractivity contribution in [1.82, 2.24) is 0 Å². The molecule has 1 N–H and O–H groups in total. The fraction of sp³-hybridized carbons (Fsp3) is 0.529. The van der Waals surface area contributed by atoms with Crippen molar-refractivity contribution in [3.8, 4) is 0 Å². The van der Waals surface area contributed by atoms with E-state index in [2.05, 4.69) is 15.9 Å². The van der Waals surface area contributed by atoms with E-state index in [1.54, 1.807) is 0 Å². The van der Waals surface area contributed by atoms with Crippen molar-refractivity contribution in [3.05, 3.63) is 34.3 Å². The van der Waals surface area contributed by atoms with Crippen LogP contribution in [0.1, 0.15) is 39.2 Å². The smallest absolute Gasteiger partial charge is 0.306 e. The zero-order valence-electron chi connectivity index (χ0n) is 12.8. The fourth-order valence-electron chi connectivity index (χ4n) is 2.49. The highest BCUT2D eigenvalue weighted by Gasteiger charge is 2.27. The molecule has 0 spiro atoms. The van der Waals surface area contributed by atoms with E-state index in [-0.39, 0.29) is 11.7 Å². The number of hydrogen-bond donors (Lipinski definition) is 1. The summed E-state index contributed by atoms with van der Waals surface area (Å²) in [7, 11) is 0. The molecule has 0 aliphatic heterocycles. The van der Waals surface area contributed by atoms with E-state index in [4.69, 9.17) is 0 Å². The van der Waals surface area contributed by atoms with Gasteiger partial charge in [-0.25, -0.2) is 0 Å². The number of benzene rings is 1. The van der Waals surface area contributed by atoms with E-state index in [9.17, 15) is 14.7 Å². The fourth-order valence-corrected chi connectivity index (χ4v) is 2.75. The van der Waals surface area contributed by atoms with Gasteiger partial charge in [0.1, 0.15) is 5.78 Å². The molecule has 0 fully saturated rings. The van der Waals surface area contributed by atoms with Gasteiger partial charge in [0.25, 0.3) is 0 Å². The van der Waals surface area contributed by atoms with Gasteiger partial charge in [-0.05, 0) is 36.0 Å². The van der Waals surface area contributed by atoms with Gasteiger partial charge in [0.05, 0.1) is 5.92 Å². The Morgan fingerprint density at radius 1 is 1.14 bits per heavy atom. The maximum Gasteiger partial charge on any atom is 0.306 e. The third kappa shape index (κ3) is 6.42. The number of Topliss-reactive ketones (excluding diaryl/α,β-unsaturated/α-hetero) is 1. The van der Waals surface area contributed by atoms with Gasteiger partial charge >= 0.3 is 5.97 Å². The average Bonchev–Trinajstić information content (AvgIpc) is 2.38. The molecule has 0 radical (unpaired) electrons. The normalized spacial score (nSPS) is 14.0. The minimum atomic E-state index is -0.798. The van der Waals surface area contributed by atoms with Gasteiger partial charge in [-0.1, -0.05) is 48.8 Å². The third-order valence-corrected chi connectivity index (χ3v) is 4.12. The summed E-state index contributed by atoms with van der Waals surface area (Å²) in [4.78, 5) is 23.5. The van der Waals surface area contributed by atoms with Crippen molar-refractivity contribution in [3.63, 3.8) is 0 Å². The molecule has 21 heavy (non-hydrogen) atoms. The Labute approximate surface area is 134 Å². The molecule has 0 aliphatic carbocycles. The lowest BCUT2D eigenvalue weighted by atomic mass is 9.83. The van der Waals surface area contributed by atoms with E-state index in [1.165, 1.54) is 0 Å². The van der Waals surface area contributed by atoms with Crippen molar-refractivity contribution in [2.45, 2.75) is 40.0 Å². The SMILES string of the molecule is CC(C)C[C@H](C(=O)O)[C@@H](C)CC(=O)Cc1ccc(Br)cc1. The minimum absolute atomic E-state index is 0.0971. The molecule has 0 unspecified atom stereocenters. The summed E-state index contributed by atoms with van der Waals surface area (Å²) in [5, 5.41) is 9.31. The van der Waals surface area contributed by atoms with Crippen LogP contribution >= 0.6 is 15.9 Å². The molecule has 2 atom stereocenters. The third-order valence-electron chi connectivity index (χ3n) is 3.59. The maximum atomic E-state index is 12.1. The number of carboxylic acids is 1. The van der Waals surface area contributed by atoms with Gasteiger partial charge in [-0.2, -0.15) is 0 Å². The van der Waals surface area contributed by atoms with Crippen LogP contribution in [0.3, 0.4) is 0 Å². The average molecular weight is 355 g/mol. The van der Waals surface area contributed by atoms with Gasteiger partial charge in [-0.15, -0.1) is 0 Å². The minimum Gasteiger partial charge on any atom is -0.481 e. The molecule has 1 rings (SSSR count). The zero-order chi connectivity index (χ0) is 16.0. The molecule has 116 valence electrons. The lowest BCUT2D eigenvalue weighted by molar-refractivity contribution is -0.144. The van der Waals surface area contributed by atoms with Gasteiger partial charge < -0.3 is 5.11 Å². The second-order valence-corrected chi connectivity index (χ2v) is 7.01. The van der Waals surface area contributed by atoms with Crippen LogP contribution in [-0.2, 0) is 16.0 Å². The Morgan fingerprint density at radius 2 is 1.71 bits per heavy atom. The number of rotatable bonds is 8. The first-order valence-electron chi connectivity index (χ1n) is 7.28. The Hall–Kier alpha value is -1.16. The first kappa shape index (κ1) is 17.9. The molecular formula is C17H23BrO3. The lowest BCUT2D eigenvalue weighted by Gasteiger charge is -2.21. The molecule has 0 aromatic heterocycles. The van der Waals surface area contributed by atoms with Crippen molar-refractivity contribution in [1.29, 1.82) is 0 Å². The molecule has 0 saturated heterocycles. The van der Waals surface area contributed by atoms with E-state index < -0.39 is 11.9 Å². The summed E-state index contributed by atoms with van der Waals surface area (Å²) in [6.45, 7) is 5.87. The lowest BCUT2D eigenvalue weighted by Crippen LogP contribution is -2.25. The van der Waals surface area contributed by atoms with Crippen LogP contribution in [0.2, 0.25) is 0 Å². The number of ketones is 1. The zero-order valence-corrected chi connectivity index (χ0v) is 14.4. The number of aliphatic carboxylic acids is 1. The Balaban J connectivity index is 2.59. The monoisotopic (exact) mass is 354 g/mol. The van der Waals surface area contributed by atoms with E-state index >= 15 is 0 Å². The Kier molecular flexibility index (Phi) is 7.09. The van der Waals surface area contributed by atoms with Crippen LogP contribution in [0.15, 0.2) is 28.7 Å². The maximum absolute atomic E-state index is 12.1. The summed E-state index contributed by atoms with van der Waals surface area (Å²) in [6, 6.07) is 7.64. The molecule has 0 heterocycles. The van der Waals surface area contributed by atoms with Crippen LogP contribution < -0.4 is 0 Å². The molecule has 0 bridgehead atoms. The standard InChI is InChI=1S/C17H23BrO3/c1-11(2)8-16(17(20)21)12(3)9-15(19)10-13-4-6-14(18)7-5-13/h4-7,11-12,16H,8-10H2,1-3H3,(H,20,21)/t12-,16-/m0/s1. The molecular weight excluding hydrogens is 332 g/mol. The van der Waals surface area contributed by atoms with Crippen LogP contribution in [-0.4, -0.2) is 16.9 Å². The Bertz CT molecular complexity index is 479.